The van der Waals surface area contributed by atoms with Crippen molar-refractivity contribution in [3.63, 3.8) is 0 Å². The van der Waals surface area contributed by atoms with E-state index in [9.17, 15) is 4.79 Å². The van der Waals surface area contributed by atoms with Crippen molar-refractivity contribution < 1.29 is 9.53 Å². The van der Waals surface area contributed by atoms with Crippen molar-refractivity contribution in [1.29, 1.82) is 0 Å². The quantitative estimate of drug-likeness (QED) is 0.907. The van der Waals surface area contributed by atoms with Crippen LogP contribution in [0.5, 0.6) is 0 Å². The van der Waals surface area contributed by atoms with Crippen LogP contribution >= 0.6 is 0 Å². The van der Waals surface area contributed by atoms with Gasteiger partial charge in [0, 0.05) is 24.0 Å². The number of carbonyl (C=O) groups is 1. The summed E-state index contributed by atoms with van der Waals surface area (Å²) >= 11 is 0. The number of amides is 2. The van der Waals surface area contributed by atoms with Gasteiger partial charge in [0.1, 0.15) is 5.82 Å². The molecule has 6 nitrogen and oxygen atoms in total. The lowest BCUT2D eigenvalue weighted by Crippen LogP contribution is -2.41. The Morgan fingerprint density at radius 1 is 1.33 bits per heavy atom. The average molecular weight is 328 g/mol. The van der Waals surface area contributed by atoms with Gasteiger partial charge in [0.25, 0.3) is 0 Å². The summed E-state index contributed by atoms with van der Waals surface area (Å²) in [6.45, 7) is 7.47. The lowest BCUT2D eigenvalue weighted by molar-refractivity contribution is 0.184. The van der Waals surface area contributed by atoms with Gasteiger partial charge in [-0.05, 0) is 31.5 Å². The fourth-order valence-corrected chi connectivity index (χ4v) is 2.98. The van der Waals surface area contributed by atoms with Crippen molar-refractivity contribution in [3.05, 3.63) is 48.0 Å². The Bertz CT molecular complexity index is 695. The number of rotatable bonds is 4. The van der Waals surface area contributed by atoms with Gasteiger partial charge in [-0.3, -0.25) is 0 Å². The van der Waals surface area contributed by atoms with Crippen molar-refractivity contribution in [3.8, 4) is 0 Å². The van der Waals surface area contributed by atoms with E-state index in [0.717, 1.165) is 11.5 Å². The maximum absolute atomic E-state index is 12.1. The van der Waals surface area contributed by atoms with Crippen LogP contribution in [0.2, 0.25) is 0 Å². The first-order chi connectivity index (χ1) is 11.5. The molecule has 2 heterocycles. The van der Waals surface area contributed by atoms with Crippen LogP contribution in [0.15, 0.2) is 36.7 Å². The molecule has 128 valence electrons. The standard InChI is InChI=1S/C18H24N4O2/c1-12-10-24-11-17(12)21-18(23)20-16-6-4-15(5-7-16)13(2)22-9-8-19-14(22)3/h4-9,12-13,17H,10-11H2,1-3H3,(H2,20,21,23)/t12-,13-,17+/m1/s1. The third-order valence-corrected chi connectivity index (χ3v) is 4.61. The second-order valence-corrected chi connectivity index (χ2v) is 6.40. The zero-order chi connectivity index (χ0) is 17.1. The highest BCUT2D eigenvalue weighted by atomic mass is 16.5. The molecule has 1 aliphatic heterocycles. The Labute approximate surface area is 142 Å². The maximum Gasteiger partial charge on any atom is 0.319 e. The first kappa shape index (κ1) is 16.5. The van der Waals surface area contributed by atoms with E-state index >= 15 is 0 Å². The fourth-order valence-electron chi connectivity index (χ4n) is 2.98. The SMILES string of the molecule is Cc1nccn1[C@H](C)c1ccc(NC(=O)N[C@H]2COC[C@H]2C)cc1. The van der Waals surface area contributed by atoms with Crippen LogP contribution in [0.3, 0.4) is 0 Å². The second kappa shape index (κ2) is 7.05. The first-order valence-corrected chi connectivity index (χ1v) is 8.29. The molecule has 0 radical (unpaired) electrons. The number of aromatic nitrogens is 2. The summed E-state index contributed by atoms with van der Waals surface area (Å²) in [6, 6.07) is 7.99. The van der Waals surface area contributed by atoms with Crippen LogP contribution in [0.4, 0.5) is 10.5 Å². The van der Waals surface area contributed by atoms with Crippen molar-refractivity contribution >= 4 is 11.7 Å². The molecular weight excluding hydrogens is 304 g/mol. The highest BCUT2D eigenvalue weighted by Gasteiger charge is 2.25. The zero-order valence-corrected chi connectivity index (χ0v) is 14.3. The molecule has 6 heteroatoms. The Kier molecular flexibility index (Phi) is 4.85. The molecule has 1 saturated heterocycles. The van der Waals surface area contributed by atoms with E-state index in [1.54, 1.807) is 6.20 Å². The monoisotopic (exact) mass is 328 g/mol. The number of hydrogen-bond donors (Lipinski definition) is 2. The summed E-state index contributed by atoms with van der Waals surface area (Å²) in [4.78, 5) is 16.3. The predicted molar refractivity (Wildman–Crippen MR) is 93.1 cm³/mol. The number of aryl methyl sites for hydroxylation is 1. The molecule has 3 atom stereocenters. The Balaban J connectivity index is 1.60. The van der Waals surface area contributed by atoms with Gasteiger partial charge in [0.05, 0.1) is 25.3 Å². The van der Waals surface area contributed by atoms with Gasteiger partial charge in [0.2, 0.25) is 0 Å². The summed E-state index contributed by atoms with van der Waals surface area (Å²) in [5, 5.41) is 5.83. The summed E-state index contributed by atoms with van der Waals surface area (Å²) < 4.78 is 7.48. The van der Waals surface area contributed by atoms with Gasteiger partial charge in [-0.25, -0.2) is 9.78 Å². The summed E-state index contributed by atoms with van der Waals surface area (Å²) in [6.07, 6.45) is 3.78. The second-order valence-electron chi connectivity index (χ2n) is 6.40. The van der Waals surface area contributed by atoms with Crippen LogP contribution in [0, 0.1) is 12.8 Å². The molecular formula is C18H24N4O2. The van der Waals surface area contributed by atoms with E-state index in [4.69, 9.17) is 4.74 Å². The number of urea groups is 1. The molecule has 0 bridgehead atoms. The van der Waals surface area contributed by atoms with E-state index in [1.807, 2.05) is 37.4 Å². The van der Waals surface area contributed by atoms with E-state index < -0.39 is 0 Å². The molecule has 1 aliphatic rings. The molecule has 24 heavy (non-hydrogen) atoms. The van der Waals surface area contributed by atoms with Crippen molar-refractivity contribution in [2.75, 3.05) is 18.5 Å². The molecule has 1 aromatic carbocycles. The van der Waals surface area contributed by atoms with Crippen molar-refractivity contribution in [2.45, 2.75) is 32.9 Å². The van der Waals surface area contributed by atoms with E-state index in [-0.39, 0.29) is 18.1 Å². The first-order valence-electron chi connectivity index (χ1n) is 8.29. The number of nitrogens with one attached hydrogen (secondary N) is 2. The Morgan fingerprint density at radius 3 is 2.67 bits per heavy atom. The summed E-state index contributed by atoms with van der Waals surface area (Å²) in [7, 11) is 0. The smallest absolute Gasteiger partial charge is 0.319 e. The van der Waals surface area contributed by atoms with E-state index in [0.29, 0.717) is 19.1 Å². The number of nitrogens with zero attached hydrogens (tertiary/aromatic N) is 2. The zero-order valence-electron chi connectivity index (χ0n) is 14.3. The number of ether oxygens (including phenoxy) is 1. The van der Waals surface area contributed by atoms with E-state index in [2.05, 4.69) is 34.0 Å². The predicted octanol–water partition coefficient (Wildman–Crippen LogP) is 2.96. The van der Waals surface area contributed by atoms with Gasteiger partial charge in [-0.15, -0.1) is 0 Å². The minimum Gasteiger partial charge on any atom is -0.379 e. The van der Waals surface area contributed by atoms with E-state index in [1.165, 1.54) is 5.56 Å². The summed E-state index contributed by atoms with van der Waals surface area (Å²) in [5.41, 5.74) is 1.94. The number of hydrogen-bond acceptors (Lipinski definition) is 3. The highest BCUT2D eigenvalue weighted by Crippen LogP contribution is 2.21. The van der Waals surface area contributed by atoms with Crippen molar-refractivity contribution in [2.24, 2.45) is 5.92 Å². The van der Waals surface area contributed by atoms with Gasteiger partial charge in [0.15, 0.2) is 0 Å². The number of benzene rings is 1. The molecule has 3 rings (SSSR count). The molecule has 1 fully saturated rings. The minimum absolute atomic E-state index is 0.0773. The highest BCUT2D eigenvalue weighted by molar-refractivity contribution is 5.89. The largest absolute Gasteiger partial charge is 0.379 e. The van der Waals surface area contributed by atoms with Crippen LogP contribution in [0.25, 0.3) is 0 Å². The van der Waals surface area contributed by atoms with Gasteiger partial charge in [-0.1, -0.05) is 19.1 Å². The van der Waals surface area contributed by atoms with Crippen LogP contribution in [-0.2, 0) is 4.74 Å². The fraction of sp³-hybridized carbons (Fsp3) is 0.444. The number of imidazole rings is 1. The Morgan fingerprint density at radius 2 is 2.08 bits per heavy atom. The lowest BCUT2D eigenvalue weighted by Gasteiger charge is -2.17. The van der Waals surface area contributed by atoms with Crippen molar-refractivity contribution in [1.82, 2.24) is 14.9 Å². The molecule has 0 saturated carbocycles. The molecule has 2 aromatic rings. The van der Waals surface area contributed by atoms with Gasteiger partial charge in [-0.2, -0.15) is 0 Å². The Hall–Kier alpha value is -2.34. The van der Waals surface area contributed by atoms with Gasteiger partial charge < -0.3 is 19.9 Å². The molecule has 2 N–H and O–H groups in total. The van der Waals surface area contributed by atoms with Crippen LogP contribution in [0.1, 0.15) is 31.3 Å². The van der Waals surface area contributed by atoms with Crippen LogP contribution < -0.4 is 10.6 Å². The lowest BCUT2D eigenvalue weighted by atomic mass is 10.1. The summed E-state index contributed by atoms with van der Waals surface area (Å²) in [5.74, 6) is 1.33. The molecule has 0 aliphatic carbocycles. The number of anilines is 1. The molecule has 0 unspecified atom stereocenters. The third-order valence-electron chi connectivity index (χ3n) is 4.61. The third kappa shape index (κ3) is 3.59. The maximum atomic E-state index is 12.1. The number of carbonyl (C=O) groups excluding carboxylic acids is 1. The van der Waals surface area contributed by atoms with Gasteiger partial charge >= 0.3 is 6.03 Å². The normalized spacial score (nSPS) is 21.5. The van der Waals surface area contributed by atoms with Crippen LogP contribution in [-0.4, -0.2) is 34.8 Å². The molecule has 0 spiro atoms. The topological polar surface area (TPSA) is 68.2 Å². The average Bonchev–Trinajstić information content (AvgIpc) is 3.16. The molecule has 2 amide bonds. The molecule has 1 aromatic heterocycles. The minimum atomic E-state index is -0.191.